The summed E-state index contributed by atoms with van der Waals surface area (Å²) in [5.41, 5.74) is 62.8. The monoisotopic (exact) mass is 1310 g/mol. The molecule has 0 atom stereocenters. The molecule has 0 amide bonds. The Kier molecular flexibility index (Phi) is 18.6. The van der Waals surface area contributed by atoms with Gasteiger partial charge < -0.3 is 0 Å². The molecule has 18 rings (SSSR count). The summed E-state index contributed by atoms with van der Waals surface area (Å²) in [6.07, 6.45) is 13.7. The molecule has 12 aromatic rings. The van der Waals surface area contributed by atoms with Crippen LogP contribution in [0.1, 0.15) is 190 Å². The number of benzene rings is 6. The fraction of sp³-hybridized carbons (Fsp3) is 0.298. The van der Waals surface area contributed by atoms with Gasteiger partial charge in [0.05, 0.1) is 34.2 Å². The zero-order chi connectivity index (χ0) is 71.2. The minimum Gasteiger partial charge on any atom is -0.260 e. The first-order valence-electron chi connectivity index (χ1n) is 36.0. The maximum absolute atomic E-state index is 4.68. The van der Waals surface area contributed by atoms with Crippen LogP contribution >= 0.6 is 0 Å². The molecule has 6 aliphatic carbocycles. The van der Waals surface area contributed by atoms with Crippen molar-refractivity contribution in [2.75, 3.05) is 0 Å². The second-order valence-corrected chi connectivity index (χ2v) is 29.8. The van der Waals surface area contributed by atoms with E-state index >= 15 is 0 Å². The van der Waals surface area contributed by atoms with E-state index in [1.54, 1.807) is 0 Å². The number of aromatic nitrogens is 6. The Morgan fingerprint density at radius 2 is 0.620 bits per heavy atom. The molecule has 0 fully saturated rings. The average molecular weight is 1310 g/mol. The van der Waals surface area contributed by atoms with Gasteiger partial charge >= 0.3 is 0 Å². The summed E-state index contributed by atoms with van der Waals surface area (Å²) in [6, 6.07) is 35.4. The highest BCUT2D eigenvalue weighted by Gasteiger charge is 2.30. The van der Waals surface area contributed by atoms with E-state index in [-0.39, 0.29) is 0 Å². The van der Waals surface area contributed by atoms with E-state index in [9.17, 15) is 0 Å². The maximum atomic E-state index is 4.68. The van der Waals surface area contributed by atoms with Crippen LogP contribution in [0.25, 0.3) is 66.8 Å². The maximum Gasteiger partial charge on any atom is 0.0529 e. The summed E-state index contributed by atoms with van der Waals surface area (Å²) >= 11 is 0. The predicted octanol–water partition coefficient (Wildman–Crippen LogP) is 22.7. The van der Waals surface area contributed by atoms with Gasteiger partial charge in [-0.1, -0.05) is 60.7 Å². The molecule has 0 N–H and O–H groups in total. The van der Waals surface area contributed by atoms with Gasteiger partial charge in [0.15, 0.2) is 0 Å². The number of rotatable bonds is 0. The molecule has 6 aliphatic rings. The molecule has 6 nitrogen and oxygen atoms in total. The number of fused-ring (bicyclic) bond motifs is 18. The van der Waals surface area contributed by atoms with Gasteiger partial charge in [-0.2, -0.15) is 0 Å². The largest absolute Gasteiger partial charge is 0.260 e. The fourth-order valence-electron chi connectivity index (χ4n) is 16.7. The van der Waals surface area contributed by atoms with Gasteiger partial charge in [0.25, 0.3) is 0 Å². The molecule has 6 heterocycles. The predicted molar refractivity (Wildman–Crippen MR) is 419 cm³/mol. The SMILES string of the molecule is Cc1c(C)c(C)c2c(c1C)Cc1ncccc1-2.Cc1cc(C)c2c(c1C)-c1c(C)ccnc1C2.Cc1ccc2c(n1)Cc1c(C)cc(C)c(C)c1-2.Cc1ccc2c(n1)Cc1ccc(C)c(C)c1-2.Cc1cnc2c(c1)-c1c(C)c(C)cc(C)c1C2.Cc1cnc2c(c1)-c1c(ccc(C)c1C)C2. The molecule has 6 heteroatoms. The third-order valence-corrected chi connectivity index (χ3v) is 23.3. The van der Waals surface area contributed by atoms with Crippen molar-refractivity contribution in [1.29, 1.82) is 0 Å². The summed E-state index contributed by atoms with van der Waals surface area (Å²) in [6.45, 7) is 48.2. The molecular weight excluding hydrogens is 1210 g/mol. The number of nitrogens with zero attached hydrogens (tertiary/aromatic N) is 6. The van der Waals surface area contributed by atoms with Gasteiger partial charge in [0.1, 0.15) is 0 Å². The van der Waals surface area contributed by atoms with Crippen molar-refractivity contribution in [3.8, 4) is 66.8 Å². The van der Waals surface area contributed by atoms with Crippen molar-refractivity contribution in [2.24, 2.45) is 0 Å². The lowest BCUT2D eigenvalue weighted by molar-refractivity contribution is 1.06. The zero-order valence-corrected chi connectivity index (χ0v) is 63.5. The van der Waals surface area contributed by atoms with E-state index < -0.39 is 0 Å². The molecule has 0 saturated carbocycles. The first kappa shape index (κ1) is 68.7. The molecule has 0 bridgehead atoms. The van der Waals surface area contributed by atoms with Gasteiger partial charge in [-0.25, -0.2) is 0 Å². The van der Waals surface area contributed by atoms with Gasteiger partial charge in [-0.05, 0) is 367 Å². The molecule has 6 aromatic carbocycles. The lowest BCUT2D eigenvalue weighted by Crippen LogP contribution is -1.98. The normalized spacial score (nSPS) is 12.5. The molecule has 0 unspecified atom stereocenters. The van der Waals surface area contributed by atoms with E-state index in [1.807, 2.05) is 30.9 Å². The minimum atomic E-state index is 0.992. The molecular formula is C94H98N6. The van der Waals surface area contributed by atoms with Crippen LogP contribution in [-0.2, 0) is 38.5 Å². The van der Waals surface area contributed by atoms with E-state index in [4.69, 9.17) is 0 Å². The lowest BCUT2D eigenvalue weighted by Gasteiger charge is -2.15. The van der Waals surface area contributed by atoms with E-state index in [1.165, 1.54) is 246 Å². The summed E-state index contributed by atoms with van der Waals surface area (Å²) in [4.78, 5) is 27.5. The molecule has 0 radical (unpaired) electrons. The first-order valence-corrected chi connectivity index (χ1v) is 36.0. The van der Waals surface area contributed by atoms with Gasteiger partial charge in [-0.3, -0.25) is 29.9 Å². The van der Waals surface area contributed by atoms with Crippen LogP contribution < -0.4 is 0 Å². The zero-order valence-electron chi connectivity index (χ0n) is 63.5. The van der Waals surface area contributed by atoms with Crippen LogP contribution in [-0.4, -0.2) is 29.9 Å². The van der Waals surface area contributed by atoms with Crippen molar-refractivity contribution in [1.82, 2.24) is 29.9 Å². The highest BCUT2D eigenvalue weighted by molar-refractivity contribution is 5.86. The van der Waals surface area contributed by atoms with E-state index in [2.05, 4.69) is 273 Å². The summed E-state index contributed by atoms with van der Waals surface area (Å²) in [5.74, 6) is 0. The van der Waals surface area contributed by atoms with Crippen molar-refractivity contribution in [3.05, 3.63) is 312 Å². The highest BCUT2D eigenvalue weighted by Crippen LogP contribution is 2.47. The smallest absolute Gasteiger partial charge is 0.0529 e. The van der Waals surface area contributed by atoms with Crippen LogP contribution in [0.2, 0.25) is 0 Å². The highest BCUT2D eigenvalue weighted by atomic mass is 14.7. The summed E-state index contributed by atoms with van der Waals surface area (Å²) < 4.78 is 0. The van der Waals surface area contributed by atoms with E-state index in [0.29, 0.717) is 0 Å². The van der Waals surface area contributed by atoms with Crippen LogP contribution in [0.4, 0.5) is 0 Å². The fourth-order valence-corrected chi connectivity index (χ4v) is 16.7. The third-order valence-electron chi connectivity index (χ3n) is 23.3. The standard InChI is InChI=1S/4C16H17N.2C15H15N/c1-9-5-14-15(17-8-9)7-13-11(3)6-10(2)12(4)16(13)14;1-9-7-10(2)14-8-15-13(16(14)12(9)4)6-5-11(3)17-15;1-9-5-6-17-14-8-13-11(3)7-10(2)12(4)16(13)15(9)14;1-9-10(2)12(4)16-13-6-5-7-17-15(13)8-14(16)11(9)3;1-9-4-6-12-8-14-13(15(12)11(9)3)7-5-10(2)16-14;1-9-6-13-14(16-8-9)7-12-5-4-10(2)11(3)15(12)13/h5-6,8H,7H2,1-4H3;3*5-7H,8H2,1-4H3;4-7H,8H2,1-3H3;4-6,8H,7H2,1-3H3. The number of hydrogen-bond donors (Lipinski definition) is 0. The number of pyridine rings is 6. The van der Waals surface area contributed by atoms with Crippen molar-refractivity contribution in [3.63, 3.8) is 0 Å². The minimum absolute atomic E-state index is 0.992. The molecule has 6 aromatic heterocycles. The van der Waals surface area contributed by atoms with Crippen molar-refractivity contribution in [2.45, 2.75) is 191 Å². The molecule has 0 spiro atoms. The van der Waals surface area contributed by atoms with Crippen molar-refractivity contribution >= 4 is 0 Å². The Morgan fingerprint density at radius 1 is 0.230 bits per heavy atom. The van der Waals surface area contributed by atoms with Gasteiger partial charge in [-0.15, -0.1) is 0 Å². The Bertz CT molecular complexity index is 5380. The number of aryl methyl sites for hydroxylation is 13. The quantitative estimate of drug-likeness (QED) is 0.151. The number of hydrogen-bond acceptors (Lipinski definition) is 6. The van der Waals surface area contributed by atoms with E-state index in [0.717, 1.165) is 49.9 Å². The second kappa shape index (κ2) is 27.0. The molecule has 100 heavy (non-hydrogen) atoms. The van der Waals surface area contributed by atoms with Crippen LogP contribution in [0.15, 0.2) is 122 Å². The third kappa shape index (κ3) is 12.3. The topological polar surface area (TPSA) is 77.3 Å². The molecule has 0 saturated heterocycles. The molecule has 504 valence electrons. The van der Waals surface area contributed by atoms with Crippen molar-refractivity contribution < 1.29 is 0 Å². The lowest BCUT2D eigenvalue weighted by atomic mass is 9.89. The Labute approximate surface area is 596 Å². The average Bonchev–Trinajstić information content (AvgIpc) is 1.60. The second-order valence-electron chi connectivity index (χ2n) is 29.8. The van der Waals surface area contributed by atoms with Gasteiger partial charge in [0, 0.05) is 108 Å². The van der Waals surface area contributed by atoms with Crippen LogP contribution in [0.5, 0.6) is 0 Å². The Hall–Kier alpha value is -9.78. The van der Waals surface area contributed by atoms with Crippen LogP contribution in [0, 0.1) is 152 Å². The van der Waals surface area contributed by atoms with Gasteiger partial charge in [0.2, 0.25) is 0 Å². The Balaban J connectivity index is 0.000000108. The van der Waals surface area contributed by atoms with Crippen LogP contribution in [0.3, 0.4) is 0 Å². The summed E-state index contributed by atoms with van der Waals surface area (Å²) in [5, 5.41) is 0. The summed E-state index contributed by atoms with van der Waals surface area (Å²) in [7, 11) is 0. The Morgan fingerprint density at radius 3 is 1.19 bits per heavy atom. The molecule has 0 aliphatic heterocycles. The first-order chi connectivity index (χ1) is 47.7.